The van der Waals surface area contributed by atoms with E-state index in [1.807, 2.05) is 39.5 Å². The second-order valence-electron chi connectivity index (χ2n) is 4.57. The van der Waals surface area contributed by atoms with Gasteiger partial charge in [-0.3, -0.25) is 9.63 Å². The number of rotatable bonds is 4. The Kier molecular flexibility index (Phi) is 8.27. The van der Waals surface area contributed by atoms with E-state index in [-0.39, 0.29) is 11.9 Å². The molecule has 1 unspecified atom stereocenters. The zero-order chi connectivity index (χ0) is 14.8. The number of carbonyl (C=O) groups is 1. The number of carbonyl (C=O) groups excluding carboxylic acids is 1. The van der Waals surface area contributed by atoms with Gasteiger partial charge in [-0.25, -0.2) is 5.48 Å². The summed E-state index contributed by atoms with van der Waals surface area (Å²) in [6.07, 6.45) is 1.04. The van der Waals surface area contributed by atoms with Gasteiger partial charge in [-0.15, -0.1) is 0 Å². The number of hydroxylamine groups is 1. The molecule has 1 amide bonds. The number of benzene rings is 1. The molecule has 3 atom stereocenters. The van der Waals surface area contributed by atoms with Gasteiger partial charge in [0.1, 0.15) is 0 Å². The Labute approximate surface area is 122 Å². The quantitative estimate of drug-likeness (QED) is 0.495. The van der Waals surface area contributed by atoms with E-state index in [0.717, 1.165) is 18.5 Å². The molecule has 0 aliphatic carbocycles. The molecule has 108 valence electrons. The Morgan fingerprint density at radius 2 is 2.15 bits per heavy atom. The third kappa shape index (κ3) is 5.91. The van der Waals surface area contributed by atoms with Crippen molar-refractivity contribution in [2.24, 2.45) is 5.92 Å². The van der Waals surface area contributed by atoms with Crippen molar-refractivity contribution in [3.63, 3.8) is 0 Å². The van der Waals surface area contributed by atoms with Gasteiger partial charge in [0.05, 0.1) is 12.6 Å². The summed E-state index contributed by atoms with van der Waals surface area (Å²) >= 11 is 0. The molecule has 7 heteroatoms. The van der Waals surface area contributed by atoms with Crippen LogP contribution in [0.5, 0.6) is 0 Å². The van der Waals surface area contributed by atoms with Crippen LogP contribution in [0.1, 0.15) is 18.9 Å². The van der Waals surface area contributed by atoms with Crippen molar-refractivity contribution in [2.45, 2.75) is 26.0 Å². The molecule has 20 heavy (non-hydrogen) atoms. The fraction of sp³-hybridized carbons (Fsp3) is 0.462. The van der Waals surface area contributed by atoms with E-state index in [1.54, 1.807) is 0 Å². The van der Waals surface area contributed by atoms with E-state index < -0.39 is 0 Å². The summed E-state index contributed by atoms with van der Waals surface area (Å²) in [4.78, 5) is 17.0. The first-order valence-corrected chi connectivity index (χ1v) is 7.20. The summed E-state index contributed by atoms with van der Waals surface area (Å²) < 4.78 is 8.77. The van der Waals surface area contributed by atoms with Crippen molar-refractivity contribution in [2.75, 3.05) is 6.54 Å². The number of hydrogen-bond donors (Lipinski definition) is 2. The molecule has 0 bridgehead atoms. The topological polar surface area (TPSA) is 67.4 Å². The van der Waals surface area contributed by atoms with Crippen molar-refractivity contribution < 1.29 is 14.3 Å². The normalized spacial score (nSPS) is 20.5. The van der Waals surface area contributed by atoms with Gasteiger partial charge in [-0.1, -0.05) is 37.3 Å². The van der Waals surface area contributed by atoms with Gasteiger partial charge in [0.25, 0.3) is 5.91 Å². The van der Waals surface area contributed by atoms with Crippen molar-refractivity contribution in [1.29, 1.82) is 0 Å². The Morgan fingerprint density at radius 3 is 2.70 bits per heavy atom. The van der Waals surface area contributed by atoms with Gasteiger partial charge in [-0.2, -0.15) is 0 Å². The van der Waals surface area contributed by atoms with E-state index in [0.29, 0.717) is 19.4 Å². The molecule has 1 saturated heterocycles. The van der Waals surface area contributed by atoms with Crippen LogP contribution in [0, 0.1) is 5.92 Å². The van der Waals surface area contributed by atoms with Crippen LogP contribution < -0.4 is 10.8 Å². The Bertz CT molecular complexity index is 419. The summed E-state index contributed by atoms with van der Waals surface area (Å²) in [5, 5.41) is 3.16. The Morgan fingerprint density at radius 1 is 1.50 bits per heavy atom. The van der Waals surface area contributed by atoms with Crippen LogP contribution in [0.2, 0.25) is 0 Å². The molecular weight excluding hydrogens is 274 g/mol. The first-order chi connectivity index (χ1) is 9.69. The van der Waals surface area contributed by atoms with Gasteiger partial charge >= 0.3 is 20.7 Å². The minimum absolute atomic E-state index is 0.0778. The molecule has 1 aromatic carbocycles. The van der Waals surface area contributed by atoms with Crippen LogP contribution in [-0.4, -0.2) is 25.4 Å². The number of hydrogen-bond acceptors (Lipinski definition) is 4. The van der Waals surface area contributed by atoms with E-state index in [1.165, 1.54) is 0 Å². The van der Waals surface area contributed by atoms with E-state index >= 15 is 0 Å². The fourth-order valence-corrected chi connectivity index (χ4v) is 2.01. The summed E-state index contributed by atoms with van der Waals surface area (Å²) in [5.41, 5.74) is 3.54. The Balaban J connectivity index is 0.000000612. The zero-order valence-corrected chi connectivity index (χ0v) is 12.7. The molecule has 2 N–H and O–H groups in total. The van der Waals surface area contributed by atoms with E-state index in [4.69, 9.17) is 9.54 Å². The third-order valence-corrected chi connectivity index (χ3v) is 3.07. The van der Waals surface area contributed by atoms with Crippen molar-refractivity contribution >= 4 is 21.9 Å². The molecule has 2 rings (SSSR count). The van der Waals surface area contributed by atoms with Crippen LogP contribution >= 0.6 is 9.12 Å². The third-order valence-electron chi connectivity index (χ3n) is 3.07. The summed E-state index contributed by atoms with van der Waals surface area (Å²) in [6, 6.07) is 9.64. The predicted octanol–water partition coefficient (Wildman–Crippen LogP) is 1.06. The Hall–Kier alpha value is -1.10. The van der Waals surface area contributed by atoms with E-state index in [9.17, 15) is 4.79 Å². The van der Waals surface area contributed by atoms with Crippen LogP contribution in [0.3, 0.4) is 0 Å². The molecule has 1 aliphatic heterocycles. The van der Waals surface area contributed by atoms with Gasteiger partial charge in [-0.05, 0) is 24.4 Å². The summed E-state index contributed by atoms with van der Waals surface area (Å²) in [6.45, 7) is 4.03. The van der Waals surface area contributed by atoms with Crippen molar-refractivity contribution in [3.05, 3.63) is 35.9 Å². The number of nitrogens with one attached hydrogen (secondary N) is 2. The standard InChI is InChI=1S/C13H18N2O2.BH2OP/c1-10-7-8-14-12(10)13(16)15-17-9-11-5-3-2-4-6-11;2-1-3/h2-6,10,12,14H,7-9H2,1H3,(H,15,16);3H2/t10-,12-;/m0./s1. The molecule has 0 saturated carbocycles. The van der Waals surface area contributed by atoms with Gasteiger partial charge in [0.2, 0.25) is 0 Å². The van der Waals surface area contributed by atoms with Crippen molar-refractivity contribution in [3.8, 4) is 0 Å². The average molecular weight is 294 g/mol. The van der Waals surface area contributed by atoms with Crippen LogP contribution in [0.4, 0.5) is 0 Å². The maximum absolute atomic E-state index is 11.7. The molecule has 1 heterocycles. The molecule has 1 aliphatic rings. The molecular formula is C13H20BN2O3P. The second kappa shape index (κ2) is 9.75. The average Bonchev–Trinajstić information content (AvgIpc) is 2.87. The molecule has 5 nitrogen and oxygen atoms in total. The fourth-order valence-electron chi connectivity index (χ4n) is 2.01. The molecule has 1 fully saturated rings. The molecule has 0 spiro atoms. The van der Waals surface area contributed by atoms with E-state index in [2.05, 4.69) is 17.7 Å². The zero-order valence-electron chi connectivity index (χ0n) is 11.5. The van der Waals surface area contributed by atoms with Gasteiger partial charge in [0, 0.05) is 0 Å². The van der Waals surface area contributed by atoms with Crippen LogP contribution in [0.25, 0.3) is 0 Å². The molecule has 0 aromatic heterocycles. The first-order valence-electron chi connectivity index (χ1n) is 6.53. The van der Waals surface area contributed by atoms with Gasteiger partial charge in [0.15, 0.2) is 0 Å². The summed E-state index contributed by atoms with van der Waals surface area (Å²) in [5.74, 6) is 0.293. The molecule has 0 radical (unpaired) electrons. The molecule has 1 aromatic rings. The monoisotopic (exact) mass is 294 g/mol. The maximum atomic E-state index is 11.7. The SMILES string of the molecule is C[C@H]1CCN[C@@H]1C(=O)NOCc1ccccc1.O=BP. The van der Waals surface area contributed by atoms with Crippen LogP contribution in [-0.2, 0) is 20.9 Å². The predicted molar refractivity (Wildman–Crippen MR) is 81.1 cm³/mol. The van der Waals surface area contributed by atoms with Gasteiger partial charge < -0.3 is 5.32 Å². The van der Waals surface area contributed by atoms with Crippen LogP contribution in [0.15, 0.2) is 30.3 Å². The number of amides is 1. The second-order valence-corrected chi connectivity index (χ2v) is 4.85. The first kappa shape index (κ1) is 17.0. The van der Waals surface area contributed by atoms with Crippen molar-refractivity contribution in [1.82, 2.24) is 10.8 Å². The summed E-state index contributed by atoms with van der Waals surface area (Å²) in [7, 11) is 1.90. The minimum atomic E-state index is -0.120.